The Morgan fingerprint density at radius 2 is 1.94 bits per heavy atom. The molecule has 1 aliphatic carbocycles. The maximum atomic E-state index is 9.90. The van der Waals surface area contributed by atoms with Crippen LogP contribution < -0.4 is 4.74 Å². The molecule has 1 unspecified atom stereocenters. The fourth-order valence-electron chi connectivity index (χ4n) is 1.58. The molecule has 1 aromatic carbocycles. The second-order valence-corrected chi connectivity index (χ2v) is 4.47. The molecule has 0 radical (unpaired) electrons. The van der Waals surface area contributed by atoms with Crippen molar-refractivity contribution in [1.82, 2.24) is 0 Å². The molecular weight excluding hydrogens is 232 g/mol. The highest BCUT2D eigenvalue weighted by Crippen LogP contribution is 2.27. The van der Waals surface area contributed by atoms with Crippen LogP contribution in [0.3, 0.4) is 0 Å². The Morgan fingerprint density at radius 1 is 1.22 bits per heavy atom. The highest BCUT2D eigenvalue weighted by molar-refractivity contribution is 5.29. The Morgan fingerprint density at radius 3 is 2.56 bits per heavy atom. The molecule has 1 fully saturated rings. The molecule has 0 saturated heterocycles. The summed E-state index contributed by atoms with van der Waals surface area (Å²) in [5.74, 6) is 0.869. The third kappa shape index (κ3) is 4.29. The van der Waals surface area contributed by atoms with Gasteiger partial charge in [0, 0.05) is 7.11 Å². The van der Waals surface area contributed by atoms with E-state index in [2.05, 4.69) is 0 Å². The summed E-state index contributed by atoms with van der Waals surface area (Å²) in [5, 5.41) is 9.90. The number of aliphatic hydroxyl groups is 1. The van der Waals surface area contributed by atoms with Crippen molar-refractivity contribution in [3.05, 3.63) is 29.8 Å². The highest BCUT2D eigenvalue weighted by Gasteiger charge is 2.23. The summed E-state index contributed by atoms with van der Waals surface area (Å²) in [6, 6.07) is 7.54. The van der Waals surface area contributed by atoms with Gasteiger partial charge in [-0.3, -0.25) is 0 Å². The molecule has 4 nitrogen and oxygen atoms in total. The summed E-state index contributed by atoms with van der Waals surface area (Å²) in [6.07, 6.45) is 2.10. The number of ether oxygens (including phenoxy) is 3. The minimum Gasteiger partial charge on any atom is -0.490 e. The highest BCUT2D eigenvalue weighted by atomic mass is 16.5. The topological polar surface area (TPSA) is 47.9 Å². The van der Waals surface area contributed by atoms with E-state index in [0.717, 1.165) is 24.2 Å². The van der Waals surface area contributed by atoms with Crippen LogP contribution in [0.4, 0.5) is 0 Å². The maximum Gasteiger partial charge on any atom is 0.119 e. The minimum atomic E-state index is -0.600. The Hall–Kier alpha value is -1.10. The van der Waals surface area contributed by atoms with Crippen molar-refractivity contribution in [2.45, 2.75) is 25.0 Å². The molecule has 0 spiro atoms. The molecular formula is C14H20O4. The van der Waals surface area contributed by atoms with E-state index >= 15 is 0 Å². The average Bonchev–Trinajstić information content (AvgIpc) is 3.19. The fraction of sp³-hybridized carbons (Fsp3) is 0.571. The van der Waals surface area contributed by atoms with Gasteiger partial charge in [0.1, 0.15) is 11.9 Å². The van der Waals surface area contributed by atoms with Gasteiger partial charge in [0.15, 0.2) is 0 Å². The SMILES string of the molecule is COCCOCC(O)c1ccc(OC2CC2)cc1. The molecule has 2 rings (SSSR count). The fourth-order valence-corrected chi connectivity index (χ4v) is 1.58. The number of hydrogen-bond acceptors (Lipinski definition) is 4. The van der Waals surface area contributed by atoms with Gasteiger partial charge < -0.3 is 19.3 Å². The average molecular weight is 252 g/mol. The lowest BCUT2D eigenvalue weighted by molar-refractivity contribution is 0.0126. The van der Waals surface area contributed by atoms with Gasteiger partial charge in [-0.05, 0) is 30.5 Å². The Kier molecular flexibility index (Phi) is 4.99. The van der Waals surface area contributed by atoms with Crippen molar-refractivity contribution in [3.63, 3.8) is 0 Å². The van der Waals surface area contributed by atoms with Crippen molar-refractivity contribution >= 4 is 0 Å². The summed E-state index contributed by atoms with van der Waals surface area (Å²) >= 11 is 0. The van der Waals surface area contributed by atoms with Crippen LogP contribution in [0.15, 0.2) is 24.3 Å². The molecule has 1 atom stereocenters. The number of hydrogen-bond donors (Lipinski definition) is 1. The second-order valence-electron chi connectivity index (χ2n) is 4.47. The summed E-state index contributed by atoms with van der Waals surface area (Å²) in [4.78, 5) is 0. The van der Waals surface area contributed by atoms with Crippen molar-refractivity contribution in [1.29, 1.82) is 0 Å². The van der Waals surface area contributed by atoms with E-state index in [-0.39, 0.29) is 6.61 Å². The smallest absolute Gasteiger partial charge is 0.119 e. The standard InChI is InChI=1S/C14H20O4/c1-16-8-9-17-10-14(15)11-2-4-12(5-3-11)18-13-6-7-13/h2-5,13-15H,6-10H2,1H3. The zero-order chi connectivity index (χ0) is 12.8. The van der Waals surface area contributed by atoms with Crippen LogP contribution in [0.5, 0.6) is 5.75 Å². The van der Waals surface area contributed by atoms with Gasteiger partial charge in [-0.1, -0.05) is 12.1 Å². The molecule has 1 saturated carbocycles. The van der Waals surface area contributed by atoms with Gasteiger partial charge in [-0.15, -0.1) is 0 Å². The first-order chi connectivity index (χ1) is 8.79. The third-order valence-electron chi connectivity index (χ3n) is 2.80. The Bertz CT molecular complexity index is 345. The quantitative estimate of drug-likeness (QED) is 0.718. The van der Waals surface area contributed by atoms with E-state index in [1.165, 1.54) is 0 Å². The normalized spacial score (nSPS) is 16.6. The molecule has 0 aliphatic heterocycles. The van der Waals surface area contributed by atoms with Crippen LogP contribution in [0.1, 0.15) is 24.5 Å². The Labute approximate surface area is 107 Å². The van der Waals surface area contributed by atoms with Crippen molar-refractivity contribution in [2.24, 2.45) is 0 Å². The van der Waals surface area contributed by atoms with Gasteiger partial charge in [-0.25, -0.2) is 0 Å². The summed E-state index contributed by atoms with van der Waals surface area (Å²) in [7, 11) is 1.62. The number of benzene rings is 1. The predicted molar refractivity (Wildman–Crippen MR) is 67.7 cm³/mol. The lowest BCUT2D eigenvalue weighted by Crippen LogP contribution is -2.10. The van der Waals surface area contributed by atoms with Gasteiger partial charge in [0.25, 0.3) is 0 Å². The van der Waals surface area contributed by atoms with Crippen LogP contribution in [0.25, 0.3) is 0 Å². The van der Waals surface area contributed by atoms with E-state index in [1.54, 1.807) is 7.11 Å². The van der Waals surface area contributed by atoms with E-state index in [0.29, 0.717) is 19.3 Å². The molecule has 4 heteroatoms. The van der Waals surface area contributed by atoms with E-state index in [1.807, 2.05) is 24.3 Å². The molecule has 1 N–H and O–H groups in total. The predicted octanol–water partition coefficient (Wildman–Crippen LogP) is 1.92. The Balaban J connectivity index is 1.76. The lowest BCUT2D eigenvalue weighted by atomic mass is 10.1. The summed E-state index contributed by atoms with van der Waals surface area (Å²) in [6.45, 7) is 1.32. The van der Waals surface area contributed by atoms with Gasteiger partial charge in [0.05, 0.1) is 25.9 Å². The maximum absolute atomic E-state index is 9.90. The largest absolute Gasteiger partial charge is 0.490 e. The van der Waals surface area contributed by atoms with Gasteiger partial charge in [0.2, 0.25) is 0 Å². The molecule has 0 amide bonds. The minimum absolute atomic E-state index is 0.284. The molecule has 100 valence electrons. The zero-order valence-corrected chi connectivity index (χ0v) is 10.7. The monoisotopic (exact) mass is 252 g/mol. The van der Waals surface area contributed by atoms with E-state index < -0.39 is 6.10 Å². The summed E-state index contributed by atoms with van der Waals surface area (Å²) in [5.41, 5.74) is 0.843. The molecule has 0 bridgehead atoms. The molecule has 18 heavy (non-hydrogen) atoms. The number of rotatable bonds is 8. The first-order valence-electron chi connectivity index (χ1n) is 6.31. The summed E-state index contributed by atoms with van der Waals surface area (Å²) < 4.78 is 15.8. The van der Waals surface area contributed by atoms with Crippen LogP contribution in [0.2, 0.25) is 0 Å². The lowest BCUT2D eigenvalue weighted by Gasteiger charge is -2.12. The van der Waals surface area contributed by atoms with Gasteiger partial charge in [-0.2, -0.15) is 0 Å². The van der Waals surface area contributed by atoms with Crippen molar-refractivity contribution in [2.75, 3.05) is 26.9 Å². The molecule has 0 aromatic heterocycles. The third-order valence-corrected chi connectivity index (χ3v) is 2.80. The van der Waals surface area contributed by atoms with Crippen LogP contribution in [-0.4, -0.2) is 38.1 Å². The number of aliphatic hydroxyl groups excluding tert-OH is 1. The van der Waals surface area contributed by atoms with Crippen LogP contribution in [0, 0.1) is 0 Å². The second kappa shape index (κ2) is 6.73. The van der Waals surface area contributed by atoms with Crippen molar-refractivity contribution in [3.8, 4) is 5.75 Å². The van der Waals surface area contributed by atoms with Crippen LogP contribution >= 0.6 is 0 Å². The molecule has 0 heterocycles. The molecule has 1 aromatic rings. The van der Waals surface area contributed by atoms with Crippen LogP contribution in [-0.2, 0) is 9.47 Å². The van der Waals surface area contributed by atoms with Gasteiger partial charge >= 0.3 is 0 Å². The zero-order valence-electron chi connectivity index (χ0n) is 10.7. The van der Waals surface area contributed by atoms with E-state index in [9.17, 15) is 5.11 Å². The van der Waals surface area contributed by atoms with Crippen molar-refractivity contribution < 1.29 is 19.3 Å². The first kappa shape index (κ1) is 13.3. The van der Waals surface area contributed by atoms with E-state index in [4.69, 9.17) is 14.2 Å². The molecule has 1 aliphatic rings. The first-order valence-corrected chi connectivity index (χ1v) is 6.31. The number of methoxy groups -OCH3 is 1.